The molecule has 6 atom stereocenters. The summed E-state index contributed by atoms with van der Waals surface area (Å²) in [6.45, 7) is 12.0. The second-order valence-electron chi connectivity index (χ2n) is 23.5. The van der Waals surface area contributed by atoms with Crippen molar-refractivity contribution in [2.24, 2.45) is 38.8 Å². The molecule has 0 saturated carbocycles. The fourth-order valence-corrected chi connectivity index (χ4v) is 13.5. The normalized spacial score (nSPS) is 15.7. The van der Waals surface area contributed by atoms with Crippen molar-refractivity contribution >= 4 is 138 Å². The fourth-order valence-electron chi connectivity index (χ4n) is 11.5. The summed E-state index contributed by atoms with van der Waals surface area (Å²) in [6.07, 6.45) is 4.49. The Hall–Kier alpha value is -10.5. The number of aromatic nitrogens is 4. The maximum Gasteiger partial charge on any atom is 0.334 e. The number of ether oxygens (including phenoxy) is 4. The van der Waals surface area contributed by atoms with Crippen LogP contribution >= 0.6 is 21.6 Å². The highest BCUT2D eigenvalue weighted by Crippen LogP contribution is 2.52. The zero-order valence-electron chi connectivity index (χ0n) is 56.7. The van der Waals surface area contributed by atoms with Gasteiger partial charge in [-0.15, -0.1) is 0 Å². The average Bonchev–Trinajstić information content (AvgIpc) is 1.52. The third kappa shape index (κ3) is 20.5. The van der Waals surface area contributed by atoms with Crippen LogP contribution in [0.3, 0.4) is 0 Å². The number of nitrogens with one attached hydrogen (secondary N) is 7. The standard InChI is InChI=1S/C66H85N15O17S2/c1-10-36-32(2)44-26-49-40-18-15-39(62(93)96-8)57(63(94)97-9)66(40,6)52(78-49)28-45-34(4)37(16-19-55(86)95-7)48(77-45)27-47-38(33(3)43(76-47)25-46(36)75-44)17-20-56(87)98-23-24-99-100-31-51(74-35(5)82)60(90)80-41(13-11-21-71-64(67)68)58(88)73-30-53(83)79-50(29-54(84)85)59(89)81-42(61(91)92)14-12-22-72-65(69)70/h10,15,18,25-28,41-42,50-51,57,76-77H,1,11-14,16-17,19-24,29-31H2,2-9H3,(H,73,88)(H,74,82)(H,79,83)(H,80,90)(H,81,89)(H,84,85)(H,91,92)(H4,67,68,71)(H4,69,70,72)/t41-,42?,50-,51?,57-,66+/m0/s1. The number of carbonyl (C=O) groups excluding carboxylic acids is 9. The number of carboxylic acid groups (broad SMARTS) is 2. The Balaban J connectivity index is 1.18. The Bertz CT molecular complexity index is 4040. The van der Waals surface area contributed by atoms with Crippen molar-refractivity contribution in [1.82, 2.24) is 46.5 Å². The number of aryl methyl sites for hydroxylation is 4. The molecule has 32 nitrogen and oxygen atoms in total. The molecule has 0 saturated heterocycles. The van der Waals surface area contributed by atoms with Gasteiger partial charge in [-0.2, -0.15) is 0 Å². The van der Waals surface area contributed by atoms with Gasteiger partial charge in [-0.25, -0.2) is 14.6 Å². The number of aliphatic carboxylic acids is 2. The lowest BCUT2D eigenvalue weighted by Gasteiger charge is -2.36. The highest BCUT2D eigenvalue weighted by Gasteiger charge is 2.54. The summed E-state index contributed by atoms with van der Waals surface area (Å²) in [4.78, 5) is 168. The minimum atomic E-state index is -1.78. The molecule has 1 aliphatic carbocycles. The highest BCUT2D eigenvalue weighted by atomic mass is 33.1. The van der Waals surface area contributed by atoms with E-state index in [1.807, 2.05) is 52.0 Å². The molecule has 100 heavy (non-hydrogen) atoms. The van der Waals surface area contributed by atoms with Crippen LogP contribution < -0.4 is 49.5 Å². The largest absolute Gasteiger partial charge is 0.481 e. The molecule has 2 unspecified atom stereocenters. The number of methoxy groups -OCH3 is 3. The number of guanidine groups is 2. The first-order chi connectivity index (χ1) is 47.4. The van der Waals surface area contributed by atoms with Crippen LogP contribution in [-0.4, -0.2) is 191 Å². The second-order valence-corrected chi connectivity index (χ2v) is 26.1. The molecule has 34 heteroatoms. The first kappa shape index (κ1) is 78.5. The number of amides is 5. The van der Waals surface area contributed by atoms with Crippen LogP contribution in [0.2, 0.25) is 0 Å². The SMILES string of the molecule is C=CC1=C(C)c2cc3nc(cc4[nH]c(cc5[nH]c(cc1n2)c(C)c5CCC(=O)OCCSSCC(NC(C)=O)C(=O)N[C@@H](CCCN=C(N)N)C(=O)NCC(=O)N[C@@H](CC(=O)O)C(=O)NC(CCCN=C(N)N)C(=O)O)c(CCC(=O)OC)c4C)[C@@]1(C)C3=CC=C(C(=O)OC)[C@H]1C(=O)OC. The topological polar surface area (TPSA) is 511 Å². The third-order valence-electron chi connectivity index (χ3n) is 16.7. The van der Waals surface area contributed by atoms with Gasteiger partial charge in [0.25, 0.3) is 0 Å². The van der Waals surface area contributed by atoms with Crippen LogP contribution in [-0.2, 0) is 89.9 Å². The number of nitrogens with two attached hydrogens (primary N) is 4. The molecule has 6 rings (SSSR count). The zero-order chi connectivity index (χ0) is 73.7. The van der Waals surface area contributed by atoms with Gasteiger partial charge in [0.2, 0.25) is 29.5 Å². The van der Waals surface area contributed by atoms with Gasteiger partial charge in [0.05, 0.1) is 68.1 Å². The number of hydrogen-bond acceptors (Lipinski definition) is 21. The van der Waals surface area contributed by atoms with E-state index in [1.54, 1.807) is 18.2 Å². The molecule has 5 amide bonds. The Morgan fingerprint density at radius 3 is 1.86 bits per heavy atom. The van der Waals surface area contributed by atoms with Gasteiger partial charge in [-0.1, -0.05) is 46.4 Å². The van der Waals surface area contributed by atoms with Crippen molar-refractivity contribution in [3.8, 4) is 0 Å². The van der Waals surface area contributed by atoms with E-state index in [-0.39, 0.29) is 100 Å². The van der Waals surface area contributed by atoms with E-state index < -0.39 is 114 Å². The summed E-state index contributed by atoms with van der Waals surface area (Å²) in [5.74, 6) is -11.3. The molecule has 3 aliphatic rings. The predicted octanol–water partition coefficient (Wildman–Crippen LogP) is 2.00. The maximum absolute atomic E-state index is 14.0. The molecule has 8 bridgehead atoms. The van der Waals surface area contributed by atoms with Crippen molar-refractivity contribution in [3.63, 3.8) is 0 Å². The van der Waals surface area contributed by atoms with Crippen LogP contribution in [0.25, 0.3) is 38.8 Å². The second kappa shape index (κ2) is 36.4. The molecule has 538 valence electrons. The first-order valence-electron chi connectivity index (χ1n) is 31.6. The summed E-state index contributed by atoms with van der Waals surface area (Å²) in [5, 5.41) is 31.0. The lowest BCUT2D eigenvalue weighted by molar-refractivity contribution is -0.149. The lowest BCUT2D eigenvalue weighted by atomic mass is 9.64. The molecule has 2 aliphatic heterocycles. The number of carbonyl (C=O) groups is 11. The molecule has 0 radical (unpaired) electrons. The molecular formula is C66H85N15O17S2. The predicted molar refractivity (Wildman–Crippen MR) is 375 cm³/mol. The summed E-state index contributed by atoms with van der Waals surface area (Å²) in [6, 6.07) is 1.59. The molecule has 0 fully saturated rings. The Morgan fingerprint density at radius 2 is 1.29 bits per heavy atom. The molecule has 0 spiro atoms. The van der Waals surface area contributed by atoms with E-state index in [0.29, 0.717) is 50.4 Å². The molecule has 3 aromatic heterocycles. The molecular weight excluding hydrogens is 1340 g/mol. The number of rotatable bonds is 35. The van der Waals surface area contributed by atoms with Crippen LogP contribution in [0.5, 0.6) is 0 Å². The number of fused-ring (bicyclic) bond motifs is 11. The van der Waals surface area contributed by atoms with E-state index >= 15 is 0 Å². The van der Waals surface area contributed by atoms with Crippen molar-refractivity contribution < 1.29 is 81.9 Å². The van der Waals surface area contributed by atoms with Gasteiger partial charge in [0.1, 0.15) is 36.7 Å². The molecule has 17 N–H and O–H groups in total. The monoisotopic (exact) mass is 1420 g/mol. The Labute approximate surface area is 583 Å². The smallest absolute Gasteiger partial charge is 0.334 e. The lowest BCUT2D eigenvalue weighted by Crippen LogP contribution is -2.56. The minimum Gasteiger partial charge on any atom is -0.481 e. The number of allylic oxidation sites excluding steroid dienone is 6. The number of nitrogens with zero attached hydrogens (tertiary/aromatic N) is 4. The van der Waals surface area contributed by atoms with E-state index in [4.69, 9.17) is 51.9 Å². The minimum absolute atomic E-state index is 0.0274. The summed E-state index contributed by atoms with van der Waals surface area (Å²) in [7, 11) is 6.18. The summed E-state index contributed by atoms with van der Waals surface area (Å²) in [5.41, 5.74) is 30.2. The Morgan fingerprint density at radius 1 is 0.690 bits per heavy atom. The molecule has 0 aromatic carbocycles. The molecule has 5 heterocycles. The van der Waals surface area contributed by atoms with Gasteiger partial charge < -0.3 is 88.6 Å². The van der Waals surface area contributed by atoms with Crippen LogP contribution in [0.4, 0.5) is 0 Å². The van der Waals surface area contributed by atoms with Crippen molar-refractivity contribution in [2.45, 2.75) is 122 Å². The zero-order valence-corrected chi connectivity index (χ0v) is 58.3. The van der Waals surface area contributed by atoms with Crippen molar-refractivity contribution in [3.05, 3.63) is 99.7 Å². The highest BCUT2D eigenvalue weighted by molar-refractivity contribution is 8.76. The number of H-pyrrole nitrogens is 2. The summed E-state index contributed by atoms with van der Waals surface area (Å²) < 4.78 is 21.3. The average molecular weight is 1420 g/mol. The number of aromatic amines is 2. The summed E-state index contributed by atoms with van der Waals surface area (Å²) >= 11 is 0. The van der Waals surface area contributed by atoms with E-state index in [2.05, 4.69) is 53.1 Å². The fraction of sp³-hybridized carbons (Fsp3) is 0.439. The quantitative estimate of drug-likeness (QED) is 0.01000. The first-order valence-corrected chi connectivity index (χ1v) is 34.1. The van der Waals surface area contributed by atoms with Gasteiger partial charge in [0.15, 0.2) is 11.9 Å². The van der Waals surface area contributed by atoms with Gasteiger partial charge >= 0.3 is 35.8 Å². The maximum atomic E-state index is 14.0. The van der Waals surface area contributed by atoms with Crippen molar-refractivity contribution in [2.75, 3.05) is 59.1 Å². The Kier molecular flexibility index (Phi) is 28.5. The van der Waals surface area contributed by atoms with E-state index in [9.17, 15) is 63.0 Å². The third-order valence-corrected chi connectivity index (χ3v) is 19.1. The van der Waals surface area contributed by atoms with E-state index in [1.165, 1.54) is 39.0 Å². The van der Waals surface area contributed by atoms with Gasteiger partial charge in [0, 0.05) is 72.0 Å². The van der Waals surface area contributed by atoms with Crippen LogP contribution in [0.1, 0.15) is 111 Å². The van der Waals surface area contributed by atoms with Crippen LogP contribution in [0, 0.1) is 19.8 Å². The van der Waals surface area contributed by atoms with E-state index in [0.717, 1.165) is 44.2 Å². The van der Waals surface area contributed by atoms with Gasteiger partial charge in [-0.3, -0.25) is 58.1 Å². The van der Waals surface area contributed by atoms with Crippen molar-refractivity contribution in [1.29, 1.82) is 0 Å². The van der Waals surface area contributed by atoms with Crippen LogP contribution in [0.15, 0.2) is 64.6 Å². The number of aliphatic imine (C=N–C) groups is 2. The molecule has 3 aromatic rings. The number of hydrogen-bond donors (Lipinski definition) is 13. The number of carboxylic acids is 2. The number of esters is 4. The van der Waals surface area contributed by atoms with Gasteiger partial charge in [-0.05, 0) is 124 Å².